The van der Waals surface area contributed by atoms with Gasteiger partial charge in [0, 0.05) is 27.2 Å². The maximum absolute atomic E-state index is 13.4. The van der Waals surface area contributed by atoms with E-state index in [-0.39, 0.29) is 17.0 Å². The van der Waals surface area contributed by atoms with Crippen LogP contribution in [-0.2, 0) is 5.54 Å². The molecule has 0 atom stereocenters. The maximum Gasteiger partial charge on any atom is 0.259 e. The van der Waals surface area contributed by atoms with Crippen LogP contribution in [0.5, 0.6) is 5.75 Å². The molecule has 6 aromatic rings. The molecule has 5 N–H and O–H groups in total. The molecule has 0 bridgehead atoms. The van der Waals surface area contributed by atoms with E-state index in [1.54, 1.807) is 30.3 Å². The van der Waals surface area contributed by atoms with Crippen LogP contribution in [0.3, 0.4) is 0 Å². The zero-order valence-electron chi connectivity index (χ0n) is 23.3. The van der Waals surface area contributed by atoms with E-state index in [9.17, 15) is 9.90 Å². The molecular formula is C34H30ClN5O2. The largest absolute Gasteiger partial charge is 0.505 e. The SMILES string of the molecule is CCC(N)(CC)c1ccc(N=Nc2c(O)c(C(=O)Nc3ccccc3Cl)cc3ccc4c5ccccc5[nH]c4c23)cc1. The molecule has 0 unspecified atom stereocenters. The number of phenolic OH excluding ortho intramolecular Hbond substituents is 1. The fourth-order valence-corrected chi connectivity index (χ4v) is 5.61. The lowest BCUT2D eigenvalue weighted by Gasteiger charge is -2.27. The van der Waals surface area contributed by atoms with E-state index >= 15 is 0 Å². The highest BCUT2D eigenvalue weighted by Gasteiger charge is 2.23. The number of aromatic amines is 1. The number of halogens is 1. The number of nitrogens with two attached hydrogens (primary N) is 1. The highest BCUT2D eigenvalue weighted by molar-refractivity contribution is 6.34. The van der Waals surface area contributed by atoms with E-state index in [0.717, 1.165) is 45.6 Å². The summed E-state index contributed by atoms with van der Waals surface area (Å²) < 4.78 is 0. The van der Waals surface area contributed by atoms with Gasteiger partial charge in [0.2, 0.25) is 0 Å². The van der Waals surface area contributed by atoms with Crippen molar-refractivity contribution >= 4 is 67.1 Å². The molecule has 0 radical (unpaired) electrons. The third kappa shape index (κ3) is 4.76. The summed E-state index contributed by atoms with van der Waals surface area (Å²) >= 11 is 6.28. The zero-order valence-corrected chi connectivity index (χ0v) is 24.0. The van der Waals surface area contributed by atoms with Crippen LogP contribution in [0, 0.1) is 0 Å². The molecule has 0 saturated heterocycles. The molecule has 1 amide bonds. The number of aromatic hydroxyl groups is 1. The van der Waals surface area contributed by atoms with Crippen LogP contribution < -0.4 is 11.1 Å². The molecule has 0 aliphatic rings. The fraction of sp³-hybridized carbons (Fsp3) is 0.147. The number of nitrogens with zero attached hydrogens (tertiary/aromatic N) is 2. The van der Waals surface area contributed by atoms with E-state index in [0.29, 0.717) is 21.8 Å². The predicted molar refractivity (Wildman–Crippen MR) is 171 cm³/mol. The van der Waals surface area contributed by atoms with Gasteiger partial charge in [0.05, 0.1) is 27.5 Å². The Balaban J connectivity index is 1.51. The lowest BCUT2D eigenvalue weighted by Crippen LogP contribution is -2.34. The zero-order chi connectivity index (χ0) is 29.4. The third-order valence-electron chi connectivity index (χ3n) is 8.07. The van der Waals surface area contributed by atoms with Gasteiger partial charge < -0.3 is 21.1 Å². The van der Waals surface area contributed by atoms with Gasteiger partial charge in [-0.2, -0.15) is 5.11 Å². The molecule has 0 aliphatic heterocycles. The number of phenols is 1. The average molecular weight is 576 g/mol. The van der Waals surface area contributed by atoms with E-state index in [4.69, 9.17) is 17.3 Å². The molecule has 1 heterocycles. The second-order valence-corrected chi connectivity index (χ2v) is 10.8. The molecule has 6 rings (SSSR count). The van der Waals surface area contributed by atoms with Gasteiger partial charge in [0.15, 0.2) is 5.75 Å². The Labute approximate surface area is 248 Å². The van der Waals surface area contributed by atoms with Crippen LogP contribution in [0.2, 0.25) is 5.02 Å². The number of anilines is 1. The number of benzene rings is 5. The van der Waals surface area contributed by atoms with Crippen molar-refractivity contribution < 1.29 is 9.90 Å². The van der Waals surface area contributed by atoms with Crippen molar-refractivity contribution in [1.29, 1.82) is 0 Å². The Morgan fingerprint density at radius 2 is 1.64 bits per heavy atom. The van der Waals surface area contributed by atoms with E-state index in [2.05, 4.69) is 34.4 Å². The Hall–Kier alpha value is -4.72. The number of carbonyl (C=O) groups excluding carboxylic acids is 1. The molecule has 0 spiro atoms. The summed E-state index contributed by atoms with van der Waals surface area (Å²) in [5.74, 6) is -0.796. The molecule has 0 saturated carbocycles. The van der Waals surface area contributed by atoms with Gasteiger partial charge in [-0.15, -0.1) is 5.11 Å². The van der Waals surface area contributed by atoms with Crippen molar-refractivity contribution in [2.45, 2.75) is 32.2 Å². The van der Waals surface area contributed by atoms with Crippen LogP contribution in [0.15, 0.2) is 101 Å². The number of rotatable bonds is 7. The number of aromatic nitrogens is 1. The molecule has 0 aliphatic carbocycles. The minimum atomic E-state index is -0.515. The normalized spacial score (nSPS) is 12.1. The van der Waals surface area contributed by atoms with Gasteiger partial charge in [-0.3, -0.25) is 4.79 Å². The van der Waals surface area contributed by atoms with Gasteiger partial charge in [-0.05, 0) is 60.2 Å². The number of carbonyl (C=O) groups is 1. The first kappa shape index (κ1) is 27.4. The molecule has 42 heavy (non-hydrogen) atoms. The monoisotopic (exact) mass is 575 g/mol. The van der Waals surface area contributed by atoms with Crippen molar-refractivity contribution in [2.75, 3.05) is 5.32 Å². The smallest absolute Gasteiger partial charge is 0.259 e. The molecular weight excluding hydrogens is 546 g/mol. The highest BCUT2D eigenvalue weighted by Crippen LogP contribution is 2.44. The fourth-order valence-electron chi connectivity index (χ4n) is 5.43. The summed E-state index contributed by atoms with van der Waals surface area (Å²) in [6, 6.07) is 28.1. The first-order valence-corrected chi connectivity index (χ1v) is 14.3. The van der Waals surface area contributed by atoms with Crippen molar-refractivity contribution in [3.63, 3.8) is 0 Å². The Bertz CT molecular complexity index is 1990. The van der Waals surface area contributed by atoms with E-state index < -0.39 is 11.4 Å². The van der Waals surface area contributed by atoms with Crippen LogP contribution in [-0.4, -0.2) is 16.0 Å². The molecule has 7 nitrogen and oxygen atoms in total. The van der Waals surface area contributed by atoms with Crippen LogP contribution in [0.1, 0.15) is 42.6 Å². The van der Waals surface area contributed by atoms with Gasteiger partial charge in [-0.25, -0.2) is 0 Å². The van der Waals surface area contributed by atoms with Crippen molar-refractivity contribution in [3.05, 3.63) is 107 Å². The molecule has 0 fully saturated rings. The number of H-pyrrole nitrogens is 1. The van der Waals surface area contributed by atoms with Crippen molar-refractivity contribution in [2.24, 2.45) is 16.0 Å². The molecule has 8 heteroatoms. The number of para-hydroxylation sites is 2. The topological polar surface area (TPSA) is 116 Å². The summed E-state index contributed by atoms with van der Waals surface area (Å²) in [6.07, 6.45) is 1.63. The van der Waals surface area contributed by atoms with Crippen LogP contribution in [0.4, 0.5) is 17.1 Å². The Morgan fingerprint density at radius 1 is 0.929 bits per heavy atom. The summed E-state index contributed by atoms with van der Waals surface area (Å²) in [7, 11) is 0. The van der Waals surface area contributed by atoms with Crippen LogP contribution >= 0.6 is 11.6 Å². The second-order valence-electron chi connectivity index (χ2n) is 10.4. The van der Waals surface area contributed by atoms with Gasteiger partial charge >= 0.3 is 0 Å². The number of amides is 1. The number of hydrogen-bond donors (Lipinski definition) is 4. The van der Waals surface area contributed by atoms with Gasteiger partial charge in [0.25, 0.3) is 5.91 Å². The number of hydrogen-bond acceptors (Lipinski definition) is 5. The lowest BCUT2D eigenvalue weighted by atomic mass is 9.86. The first-order valence-electron chi connectivity index (χ1n) is 13.9. The van der Waals surface area contributed by atoms with Gasteiger partial charge in [0.1, 0.15) is 5.69 Å². The summed E-state index contributed by atoms with van der Waals surface area (Å²) in [4.78, 5) is 16.9. The molecule has 210 valence electrons. The van der Waals surface area contributed by atoms with E-state index in [1.807, 2.05) is 60.7 Å². The van der Waals surface area contributed by atoms with Crippen molar-refractivity contribution in [3.8, 4) is 5.75 Å². The minimum absolute atomic E-state index is 0.0565. The predicted octanol–water partition coefficient (Wildman–Crippen LogP) is 9.47. The summed E-state index contributed by atoms with van der Waals surface area (Å²) in [5.41, 5.74) is 10.2. The summed E-state index contributed by atoms with van der Waals surface area (Å²) in [6.45, 7) is 4.15. The summed E-state index contributed by atoms with van der Waals surface area (Å²) in [5, 5.41) is 27.2. The lowest BCUT2D eigenvalue weighted by molar-refractivity contribution is 0.102. The quantitative estimate of drug-likeness (QED) is 0.142. The number of azo groups is 1. The third-order valence-corrected chi connectivity index (χ3v) is 8.40. The van der Waals surface area contributed by atoms with Gasteiger partial charge in [-0.1, -0.05) is 80.0 Å². The standard InChI is InChI=1S/C34H30ClN5O2/c1-3-34(36,4-2)21-14-16-22(17-15-21)39-40-31-29-20(13-18-24-23-9-5-7-11-27(23)37-30(24)29)19-25(32(31)41)33(42)38-28-12-8-6-10-26(28)35/h5-19,37,41H,3-4,36H2,1-2H3,(H,38,42). The maximum atomic E-state index is 13.4. The highest BCUT2D eigenvalue weighted by atomic mass is 35.5. The number of fused-ring (bicyclic) bond motifs is 5. The molecule has 5 aromatic carbocycles. The minimum Gasteiger partial charge on any atom is -0.505 e. The Kier molecular flexibility index (Phi) is 7.14. The van der Waals surface area contributed by atoms with Crippen LogP contribution in [0.25, 0.3) is 32.6 Å². The average Bonchev–Trinajstić information content (AvgIpc) is 3.40. The van der Waals surface area contributed by atoms with E-state index in [1.165, 1.54) is 0 Å². The second kappa shape index (κ2) is 10.9. The first-order chi connectivity index (χ1) is 20.3. The molecule has 1 aromatic heterocycles. The van der Waals surface area contributed by atoms with Crippen molar-refractivity contribution in [1.82, 2.24) is 4.98 Å². The number of nitrogens with one attached hydrogen (secondary N) is 2. The Morgan fingerprint density at radius 3 is 2.38 bits per heavy atom.